The van der Waals surface area contributed by atoms with Crippen molar-refractivity contribution in [2.24, 2.45) is 0 Å². The van der Waals surface area contributed by atoms with Crippen LogP contribution in [-0.2, 0) is 13.1 Å². The molecule has 0 unspecified atom stereocenters. The van der Waals surface area contributed by atoms with Crippen LogP contribution in [0.15, 0.2) is 18.2 Å². The number of benzene rings is 1. The molecular formula is C9H12BNO2. The molecule has 0 radical (unpaired) electrons. The van der Waals surface area contributed by atoms with Gasteiger partial charge >= 0.3 is 7.12 Å². The van der Waals surface area contributed by atoms with Gasteiger partial charge in [-0.2, -0.15) is 0 Å². The average Bonchev–Trinajstić information content (AvgIpc) is 2.43. The Labute approximate surface area is 77.8 Å². The maximum absolute atomic E-state index is 9.11. The quantitative estimate of drug-likeness (QED) is 0.558. The van der Waals surface area contributed by atoms with Crippen LogP contribution in [0, 0.1) is 0 Å². The summed E-state index contributed by atoms with van der Waals surface area (Å²) in [7, 11) is 0.675. The van der Waals surface area contributed by atoms with E-state index in [4.69, 9.17) is 10.0 Å². The highest BCUT2D eigenvalue weighted by Gasteiger charge is 2.23. The number of nitrogens with zero attached hydrogens (tertiary/aromatic N) is 1. The van der Waals surface area contributed by atoms with Crippen molar-refractivity contribution in [1.29, 1.82) is 0 Å². The van der Waals surface area contributed by atoms with Crippen LogP contribution in [-0.4, -0.2) is 29.1 Å². The zero-order valence-corrected chi connectivity index (χ0v) is 7.57. The molecule has 0 bridgehead atoms. The Balaban J connectivity index is 2.45. The van der Waals surface area contributed by atoms with Crippen molar-refractivity contribution in [3.63, 3.8) is 0 Å². The smallest absolute Gasteiger partial charge is 0.423 e. The van der Waals surface area contributed by atoms with Crippen LogP contribution < -0.4 is 5.46 Å². The Morgan fingerprint density at radius 3 is 2.77 bits per heavy atom. The molecule has 0 fully saturated rings. The lowest BCUT2D eigenvalue weighted by Gasteiger charge is -2.06. The minimum absolute atomic E-state index is 0.641. The van der Waals surface area contributed by atoms with Gasteiger partial charge in [-0.15, -0.1) is 0 Å². The molecule has 1 heterocycles. The molecule has 4 heteroatoms. The van der Waals surface area contributed by atoms with Crippen LogP contribution in [0.4, 0.5) is 0 Å². The van der Waals surface area contributed by atoms with Crippen molar-refractivity contribution in [3.8, 4) is 0 Å². The second-order valence-corrected chi connectivity index (χ2v) is 3.53. The van der Waals surface area contributed by atoms with E-state index in [0.29, 0.717) is 5.46 Å². The van der Waals surface area contributed by atoms with Gasteiger partial charge in [0.05, 0.1) is 0 Å². The van der Waals surface area contributed by atoms with Crippen LogP contribution in [0.25, 0.3) is 0 Å². The monoisotopic (exact) mass is 177 g/mol. The van der Waals surface area contributed by atoms with Gasteiger partial charge in [0.1, 0.15) is 0 Å². The predicted molar refractivity (Wildman–Crippen MR) is 51.4 cm³/mol. The molecule has 0 atom stereocenters. The Bertz CT molecular complexity index is 327. The van der Waals surface area contributed by atoms with E-state index >= 15 is 0 Å². The molecule has 1 aromatic carbocycles. The van der Waals surface area contributed by atoms with Gasteiger partial charge in [-0.25, -0.2) is 0 Å². The molecular weight excluding hydrogens is 165 g/mol. The van der Waals surface area contributed by atoms with Gasteiger partial charge in [0.25, 0.3) is 0 Å². The highest BCUT2D eigenvalue weighted by molar-refractivity contribution is 6.59. The molecule has 68 valence electrons. The Morgan fingerprint density at radius 1 is 1.31 bits per heavy atom. The summed E-state index contributed by atoms with van der Waals surface area (Å²) in [5.74, 6) is 0. The number of rotatable bonds is 1. The van der Waals surface area contributed by atoms with Crippen LogP contribution in [0.5, 0.6) is 0 Å². The van der Waals surface area contributed by atoms with Crippen LogP contribution in [0.3, 0.4) is 0 Å². The number of fused-ring (bicyclic) bond motifs is 1. The molecule has 0 saturated carbocycles. The van der Waals surface area contributed by atoms with Gasteiger partial charge in [-0.1, -0.05) is 18.2 Å². The lowest BCUT2D eigenvalue weighted by atomic mass is 9.76. The summed E-state index contributed by atoms with van der Waals surface area (Å²) in [4.78, 5) is 2.15. The van der Waals surface area contributed by atoms with Gasteiger partial charge in [-0.05, 0) is 23.6 Å². The maximum atomic E-state index is 9.11. The first-order chi connectivity index (χ1) is 6.18. The normalized spacial score (nSPS) is 15.9. The molecule has 13 heavy (non-hydrogen) atoms. The van der Waals surface area contributed by atoms with E-state index in [0.717, 1.165) is 18.7 Å². The molecule has 0 aliphatic carbocycles. The largest absolute Gasteiger partial charge is 0.488 e. The third-order valence-corrected chi connectivity index (χ3v) is 2.46. The van der Waals surface area contributed by atoms with Gasteiger partial charge in [-0.3, -0.25) is 4.90 Å². The molecule has 0 amide bonds. The first-order valence-electron chi connectivity index (χ1n) is 4.34. The molecule has 0 aromatic heterocycles. The first kappa shape index (κ1) is 8.75. The van der Waals surface area contributed by atoms with E-state index in [1.54, 1.807) is 6.07 Å². The Kier molecular flexibility index (Phi) is 2.11. The maximum Gasteiger partial charge on any atom is 0.488 e. The van der Waals surface area contributed by atoms with Crippen molar-refractivity contribution in [2.45, 2.75) is 13.1 Å². The second kappa shape index (κ2) is 3.14. The first-order valence-corrected chi connectivity index (χ1v) is 4.34. The summed E-state index contributed by atoms with van der Waals surface area (Å²) in [5, 5.41) is 18.2. The second-order valence-electron chi connectivity index (χ2n) is 3.53. The molecule has 3 nitrogen and oxygen atoms in total. The molecule has 0 saturated heterocycles. The average molecular weight is 177 g/mol. The predicted octanol–water partition coefficient (Wildman–Crippen LogP) is -0.688. The lowest BCUT2D eigenvalue weighted by Crippen LogP contribution is -2.33. The van der Waals surface area contributed by atoms with Crippen molar-refractivity contribution < 1.29 is 10.0 Å². The van der Waals surface area contributed by atoms with E-state index < -0.39 is 7.12 Å². The highest BCUT2D eigenvalue weighted by Crippen LogP contribution is 2.18. The zero-order valence-electron chi connectivity index (χ0n) is 7.57. The van der Waals surface area contributed by atoms with Crippen LogP contribution in [0.1, 0.15) is 11.1 Å². The summed E-state index contributed by atoms with van der Waals surface area (Å²) in [5.41, 5.74) is 2.91. The Hall–Kier alpha value is -0.835. The molecule has 1 aliphatic rings. The van der Waals surface area contributed by atoms with E-state index in [9.17, 15) is 0 Å². The third kappa shape index (κ3) is 1.48. The number of hydrogen-bond donors (Lipinski definition) is 2. The van der Waals surface area contributed by atoms with Gasteiger partial charge in [0, 0.05) is 13.1 Å². The lowest BCUT2D eigenvalue weighted by molar-refractivity contribution is 0.353. The molecule has 2 N–H and O–H groups in total. The fourth-order valence-electron chi connectivity index (χ4n) is 1.85. The van der Waals surface area contributed by atoms with Crippen molar-refractivity contribution in [3.05, 3.63) is 29.3 Å². The molecule has 1 aromatic rings. The SMILES string of the molecule is CN1Cc2cccc(B(O)O)c2C1. The fourth-order valence-corrected chi connectivity index (χ4v) is 1.85. The third-order valence-electron chi connectivity index (χ3n) is 2.46. The summed E-state index contributed by atoms with van der Waals surface area (Å²) in [6.45, 7) is 1.71. The topological polar surface area (TPSA) is 43.7 Å². The van der Waals surface area contributed by atoms with Gasteiger partial charge in [0.2, 0.25) is 0 Å². The molecule has 0 spiro atoms. The molecule has 2 rings (SSSR count). The summed E-state index contributed by atoms with van der Waals surface area (Å²) in [6.07, 6.45) is 0. The standard InChI is InChI=1S/C9H12BNO2/c1-11-5-7-3-2-4-9(10(12)13)8(7)6-11/h2-4,12-13H,5-6H2,1H3. The highest BCUT2D eigenvalue weighted by atomic mass is 16.4. The summed E-state index contributed by atoms with van der Waals surface area (Å²) >= 11 is 0. The van der Waals surface area contributed by atoms with E-state index in [1.807, 2.05) is 19.2 Å². The van der Waals surface area contributed by atoms with Gasteiger partial charge in [0.15, 0.2) is 0 Å². The van der Waals surface area contributed by atoms with Crippen molar-refractivity contribution in [1.82, 2.24) is 4.90 Å². The summed E-state index contributed by atoms with van der Waals surface area (Å²) in [6, 6.07) is 5.67. The van der Waals surface area contributed by atoms with E-state index in [1.165, 1.54) is 5.56 Å². The van der Waals surface area contributed by atoms with Crippen molar-refractivity contribution >= 4 is 12.6 Å². The van der Waals surface area contributed by atoms with E-state index in [-0.39, 0.29) is 0 Å². The Morgan fingerprint density at radius 2 is 2.08 bits per heavy atom. The van der Waals surface area contributed by atoms with Crippen molar-refractivity contribution in [2.75, 3.05) is 7.05 Å². The van der Waals surface area contributed by atoms with Gasteiger partial charge < -0.3 is 10.0 Å². The minimum atomic E-state index is -1.35. The fraction of sp³-hybridized carbons (Fsp3) is 0.333. The minimum Gasteiger partial charge on any atom is -0.423 e. The van der Waals surface area contributed by atoms with Crippen LogP contribution in [0.2, 0.25) is 0 Å². The van der Waals surface area contributed by atoms with E-state index in [2.05, 4.69) is 4.90 Å². The summed E-state index contributed by atoms with van der Waals surface area (Å²) < 4.78 is 0. The molecule has 1 aliphatic heterocycles. The number of hydrogen-bond acceptors (Lipinski definition) is 3. The zero-order chi connectivity index (χ0) is 9.42. The van der Waals surface area contributed by atoms with Crippen LogP contribution >= 0.6 is 0 Å².